The Balaban J connectivity index is 2.21. The maximum atomic E-state index is 13.0. The molecule has 1 aromatic carbocycles. The van der Waals surface area contributed by atoms with Gasteiger partial charge in [0.1, 0.15) is 5.69 Å². The van der Waals surface area contributed by atoms with E-state index in [9.17, 15) is 17.8 Å². The van der Waals surface area contributed by atoms with E-state index >= 15 is 0 Å². The van der Waals surface area contributed by atoms with Crippen LogP contribution in [0.4, 0.5) is 8.78 Å². The molecule has 104 valence electrons. The van der Waals surface area contributed by atoms with Crippen LogP contribution in [0, 0.1) is 11.6 Å². The Morgan fingerprint density at radius 2 is 1.95 bits per heavy atom. The van der Waals surface area contributed by atoms with Crippen LogP contribution in [0.25, 0.3) is 0 Å². The fourth-order valence-corrected chi connectivity index (χ4v) is 2.57. The van der Waals surface area contributed by atoms with E-state index < -0.39 is 28.4 Å². The molecule has 0 amide bonds. The van der Waals surface area contributed by atoms with E-state index in [0.29, 0.717) is 5.69 Å². The first kappa shape index (κ1) is 14.3. The zero-order chi connectivity index (χ0) is 14.7. The van der Waals surface area contributed by atoms with Crippen molar-refractivity contribution in [2.24, 2.45) is 0 Å². The van der Waals surface area contributed by atoms with Gasteiger partial charge in [-0.2, -0.15) is 0 Å². The van der Waals surface area contributed by atoms with Crippen molar-refractivity contribution in [2.75, 3.05) is 0 Å². The highest BCUT2D eigenvalue weighted by Gasteiger charge is 2.11. The molecule has 2 rings (SSSR count). The Labute approximate surface area is 115 Å². The topological polar surface area (TPSA) is 67.3 Å². The molecule has 1 heterocycles. The van der Waals surface area contributed by atoms with Crippen LogP contribution in [0.3, 0.4) is 0 Å². The van der Waals surface area contributed by atoms with Gasteiger partial charge in [0, 0.05) is 4.90 Å². The van der Waals surface area contributed by atoms with Crippen molar-refractivity contribution in [2.45, 2.75) is 10.6 Å². The lowest BCUT2D eigenvalue weighted by Gasteiger charge is -2.04. The second kappa shape index (κ2) is 5.87. The molecule has 0 aliphatic heterocycles. The normalized spacial score (nSPS) is 12.1. The third kappa shape index (κ3) is 3.24. The molecule has 0 bridgehead atoms. The number of carboxylic acids is 1. The minimum absolute atomic E-state index is 0.0772. The summed E-state index contributed by atoms with van der Waals surface area (Å²) in [7, 11) is -1.64. The molecule has 0 saturated carbocycles. The number of pyridine rings is 1. The Bertz CT molecular complexity index is 691. The third-order valence-corrected chi connectivity index (χ3v) is 3.80. The summed E-state index contributed by atoms with van der Waals surface area (Å²) in [5.41, 5.74) is 0.137. The standard InChI is InChI=1S/C13H9F2NO3S/c14-10-5-4-9(6-11(10)15)20(19)7-8-2-1-3-12(16-8)13(17)18/h1-6H,7H2,(H,17,18). The molecular formula is C13H9F2NO3S. The molecule has 1 N–H and O–H groups in total. The summed E-state index contributed by atoms with van der Waals surface area (Å²) in [5.74, 6) is -3.36. The lowest BCUT2D eigenvalue weighted by Crippen LogP contribution is -2.05. The Kier molecular flexibility index (Phi) is 4.19. The molecule has 4 nitrogen and oxygen atoms in total. The minimum atomic E-state index is -1.64. The number of hydrogen-bond donors (Lipinski definition) is 1. The summed E-state index contributed by atoms with van der Waals surface area (Å²) in [6.07, 6.45) is 0. The molecule has 0 aliphatic rings. The van der Waals surface area contributed by atoms with Gasteiger partial charge in [0.15, 0.2) is 11.6 Å². The van der Waals surface area contributed by atoms with Crippen molar-refractivity contribution >= 4 is 16.8 Å². The Morgan fingerprint density at radius 3 is 2.60 bits per heavy atom. The highest BCUT2D eigenvalue weighted by atomic mass is 32.2. The Morgan fingerprint density at radius 1 is 1.20 bits per heavy atom. The first-order valence-electron chi connectivity index (χ1n) is 5.50. The van der Waals surface area contributed by atoms with Gasteiger partial charge >= 0.3 is 5.97 Å². The van der Waals surface area contributed by atoms with Crippen LogP contribution in [-0.2, 0) is 16.6 Å². The third-order valence-electron chi connectivity index (χ3n) is 2.46. The summed E-state index contributed by atoms with van der Waals surface area (Å²) in [6, 6.07) is 7.27. The van der Waals surface area contributed by atoms with Crippen LogP contribution in [0.15, 0.2) is 41.3 Å². The van der Waals surface area contributed by atoms with E-state index in [2.05, 4.69) is 4.98 Å². The number of nitrogens with zero attached hydrogens (tertiary/aromatic N) is 1. The van der Waals surface area contributed by atoms with Gasteiger partial charge in [-0.05, 0) is 30.3 Å². The molecule has 0 spiro atoms. The fourth-order valence-electron chi connectivity index (χ4n) is 1.52. The largest absolute Gasteiger partial charge is 0.477 e. The predicted molar refractivity (Wildman–Crippen MR) is 67.7 cm³/mol. The van der Waals surface area contributed by atoms with E-state index in [-0.39, 0.29) is 16.3 Å². The maximum absolute atomic E-state index is 13.0. The molecular weight excluding hydrogens is 288 g/mol. The number of halogens is 2. The summed E-state index contributed by atoms with van der Waals surface area (Å²) >= 11 is 0. The zero-order valence-electron chi connectivity index (χ0n) is 10.0. The first-order chi connectivity index (χ1) is 9.47. The number of benzene rings is 1. The second-order valence-corrected chi connectivity index (χ2v) is 5.34. The lowest BCUT2D eigenvalue weighted by molar-refractivity contribution is 0.0690. The monoisotopic (exact) mass is 297 g/mol. The molecule has 0 aliphatic carbocycles. The molecule has 1 atom stereocenters. The van der Waals surface area contributed by atoms with E-state index in [4.69, 9.17) is 5.11 Å². The average Bonchev–Trinajstić information content (AvgIpc) is 2.42. The molecule has 7 heteroatoms. The van der Waals surface area contributed by atoms with Crippen LogP contribution in [0.5, 0.6) is 0 Å². The van der Waals surface area contributed by atoms with Crippen LogP contribution in [0.2, 0.25) is 0 Å². The van der Waals surface area contributed by atoms with E-state index in [1.807, 2.05) is 0 Å². The van der Waals surface area contributed by atoms with E-state index in [1.165, 1.54) is 24.3 Å². The van der Waals surface area contributed by atoms with E-state index in [1.54, 1.807) is 0 Å². The van der Waals surface area contributed by atoms with Gasteiger partial charge in [-0.3, -0.25) is 4.21 Å². The van der Waals surface area contributed by atoms with Crippen molar-refractivity contribution in [1.82, 2.24) is 4.98 Å². The van der Waals surface area contributed by atoms with Crippen molar-refractivity contribution in [3.8, 4) is 0 Å². The van der Waals surface area contributed by atoms with E-state index in [0.717, 1.165) is 12.1 Å². The molecule has 0 fully saturated rings. The van der Waals surface area contributed by atoms with Crippen molar-refractivity contribution in [1.29, 1.82) is 0 Å². The van der Waals surface area contributed by atoms with Crippen LogP contribution >= 0.6 is 0 Å². The van der Waals surface area contributed by atoms with Gasteiger partial charge in [0.05, 0.1) is 22.2 Å². The highest BCUT2D eigenvalue weighted by Crippen LogP contribution is 2.15. The van der Waals surface area contributed by atoms with Crippen molar-refractivity contribution < 1.29 is 22.9 Å². The number of aromatic carboxylic acids is 1. The number of carboxylic acid groups (broad SMARTS) is 1. The first-order valence-corrected chi connectivity index (χ1v) is 6.82. The van der Waals surface area contributed by atoms with Gasteiger partial charge in [-0.1, -0.05) is 6.07 Å². The summed E-state index contributed by atoms with van der Waals surface area (Å²) in [5, 5.41) is 8.80. The van der Waals surface area contributed by atoms with Crippen molar-refractivity contribution in [3.63, 3.8) is 0 Å². The van der Waals surface area contributed by atoms with Gasteiger partial charge in [-0.25, -0.2) is 18.6 Å². The van der Waals surface area contributed by atoms with Gasteiger partial charge in [0.2, 0.25) is 0 Å². The molecule has 0 radical (unpaired) electrons. The number of aromatic nitrogens is 1. The molecule has 1 unspecified atom stereocenters. The van der Waals surface area contributed by atoms with Gasteiger partial charge in [0.25, 0.3) is 0 Å². The van der Waals surface area contributed by atoms with Gasteiger partial charge < -0.3 is 5.11 Å². The molecule has 1 aromatic heterocycles. The summed E-state index contributed by atoms with van der Waals surface area (Å²) < 4.78 is 37.8. The maximum Gasteiger partial charge on any atom is 0.354 e. The lowest BCUT2D eigenvalue weighted by atomic mass is 10.3. The van der Waals surface area contributed by atoms with Gasteiger partial charge in [-0.15, -0.1) is 0 Å². The Hall–Kier alpha value is -2.15. The average molecular weight is 297 g/mol. The predicted octanol–water partition coefficient (Wildman–Crippen LogP) is 2.37. The second-order valence-electron chi connectivity index (χ2n) is 3.89. The zero-order valence-corrected chi connectivity index (χ0v) is 10.9. The number of rotatable bonds is 4. The quantitative estimate of drug-likeness (QED) is 0.940. The number of hydrogen-bond acceptors (Lipinski definition) is 3. The van der Waals surface area contributed by atoms with Crippen molar-refractivity contribution in [3.05, 3.63) is 59.4 Å². The number of carbonyl (C=O) groups is 1. The summed E-state index contributed by atoms with van der Waals surface area (Å²) in [4.78, 5) is 14.7. The van der Waals surface area contributed by atoms with Crippen LogP contribution in [0.1, 0.15) is 16.2 Å². The molecule has 0 saturated heterocycles. The smallest absolute Gasteiger partial charge is 0.354 e. The highest BCUT2D eigenvalue weighted by molar-refractivity contribution is 7.84. The van der Waals surface area contributed by atoms with Crippen LogP contribution < -0.4 is 0 Å². The molecule has 2 aromatic rings. The fraction of sp³-hybridized carbons (Fsp3) is 0.0769. The molecule has 20 heavy (non-hydrogen) atoms. The SMILES string of the molecule is O=C(O)c1cccc(CS(=O)c2ccc(F)c(F)c2)n1. The van der Waals surface area contributed by atoms with Crippen LogP contribution in [-0.4, -0.2) is 20.3 Å². The minimum Gasteiger partial charge on any atom is -0.477 e. The summed E-state index contributed by atoms with van der Waals surface area (Å²) in [6.45, 7) is 0.